The van der Waals surface area contributed by atoms with E-state index in [-0.39, 0.29) is 13.2 Å². The number of nitrogens with one attached hydrogen (secondary N) is 1. The molecule has 0 heterocycles. The molecule has 6 heteroatoms. The number of aryl methyl sites for hydroxylation is 2. The summed E-state index contributed by atoms with van der Waals surface area (Å²) in [5, 5.41) is 11.5. The van der Waals surface area contributed by atoms with Crippen LogP contribution >= 0.6 is 0 Å². The number of carbonyl (C=O) groups excluding carboxylic acids is 2. The molecule has 1 unspecified atom stereocenters. The van der Waals surface area contributed by atoms with Crippen molar-refractivity contribution in [2.45, 2.75) is 25.4 Å². The average molecular weight is 278 g/mol. The highest BCUT2D eigenvalue weighted by molar-refractivity contribution is 5.81. The first kappa shape index (κ1) is 14.3. The fraction of sp³-hybridized carbons (Fsp3) is 0.429. The van der Waals surface area contributed by atoms with Crippen molar-refractivity contribution in [3.63, 3.8) is 0 Å². The monoisotopic (exact) mass is 278 g/mol. The van der Waals surface area contributed by atoms with E-state index in [0.717, 1.165) is 19.3 Å². The summed E-state index contributed by atoms with van der Waals surface area (Å²) in [5.74, 6) is -0.633. The number of nitrogens with two attached hydrogens (primary N) is 1. The van der Waals surface area contributed by atoms with E-state index < -0.39 is 17.9 Å². The van der Waals surface area contributed by atoms with E-state index in [1.54, 1.807) is 0 Å². The summed E-state index contributed by atoms with van der Waals surface area (Å²) in [5.41, 5.74) is 7.48. The van der Waals surface area contributed by atoms with E-state index in [9.17, 15) is 9.59 Å². The second-order valence-electron chi connectivity index (χ2n) is 4.79. The predicted molar refractivity (Wildman–Crippen MR) is 72.2 cm³/mol. The minimum atomic E-state index is -1.38. The summed E-state index contributed by atoms with van der Waals surface area (Å²) in [7, 11) is 0. The lowest BCUT2D eigenvalue weighted by Crippen LogP contribution is -2.41. The zero-order chi connectivity index (χ0) is 14.5. The van der Waals surface area contributed by atoms with Gasteiger partial charge in [-0.1, -0.05) is 6.07 Å². The van der Waals surface area contributed by atoms with E-state index in [4.69, 9.17) is 15.6 Å². The minimum absolute atomic E-state index is 0.162. The second kappa shape index (κ2) is 6.38. The van der Waals surface area contributed by atoms with Gasteiger partial charge >= 0.3 is 0 Å². The van der Waals surface area contributed by atoms with Crippen LogP contribution in [0.25, 0.3) is 0 Å². The molecule has 0 spiro atoms. The Morgan fingerprint density at radius 3 is 2.85 bits per heavy atom. The highest BCUT2D eigenvalue weighted by Gasteiger charge is 2.14. The Kier molecular flexibility index (Phi) is 4.57. The number of fused-ring (bicyclic) bond motifs is 1. The lowest BCUT2D eigenvalue weighted by Gasteiger charge is -2.10. The number of ether oxygens (including phenoxy) is 1. The number of aliphatic hydroxyl groups is 1. The van der Waals surface area contributed by atoms with Crippen LogP contribution in [-0.4, -0.2) is 36.2 Å². The molecule has 1 atom stereocenters. The van der Waals surface area contributed by atoms with Crippen LogP contribution in [0.5, 0.6) is 5.75 Å². The summed E-state index contributed by atoms with van der Waals surface area (Å²) < 4.78 is 5.38. The maximum atomic E-state index is 11.5. The molecule has 20 heavy (non-hydrogen) atoms. The predicted octanol–water partition coefficient (Wildman–Crippen LogP) is -0.484. The first-order chi connectivity index (χ1) is 9.56. The largest absolute Gasteiger partial charge is 0.484 e. The van der Waals surface area contributed by atoms with E-state index in [0.29, 0.717) is 5.75 Å². The van der Waals surface area contributed by atoms with Gasteiger partial charge in [0.25, 0.3) is 5.91 Å². The zero-order valence-electron chi connectivity index (χ0n) is 11.1. The average Bonchev–Trinajstić information content (AvgIpc) is 2.89. The number of hydrogen-bond acceptors (Lipinski definition) is 4. The molecule has 4 N–H and O–H groups in total. The fourth-order valence-corrected chi connectivity index (χ4v) is 2.15. The van der Waals surface area contributed by atoms with E-state index in [1.807, 2.05) is 18.2 Å². The molecule has 0 aromatic heterocycles. The Bertz CT molecular complexity index is 516. The van der Waals surface area contributed by atoms with Crippen LogP contribution in [0.1, 0.15) is 17.5 Å². The van der Waals surface area contributed by atoms with Crippen molar-refractivity contribution in [1.29, 1.82) is 0 Å². The van der Waals surface area contributed by atoms with Crippen LogP contribution in [0.2, 0.25) is 0 Å². The van der Waals surface area contributed by atoms with Crippen molar-refractivity contribution in [3.05, 3.63) is 29.3 Å². The maximum Gasteiger partial charge on any atom is 0.258 e. The van der Waals surface area contributed by atoms with Crippen LogP contribution in [0, 0.1) is 0 Å². The van der Waals surface area contributed by atoms with Gasteiger partial charge in [0.2, 0.25) is 5.91 Å². The quantitative estimate of drug-likeness (QED) is 0.654. The number of hydrogen-bond donors (Lipinski definition) is 3. The number of amides is 2. The first-order valence-corrected chi connectivity index (χ1v) is 6.55. The Labute approximate surface area is 116 Å². The maximum absolute atomic E-state index is 11.5. The number of benzene rings is 1. The molecule has 1 aromatic rings. The zero-order valence-corrected chi connectivity index (χ0v) is 11.1. The number of aliphatic hydroxyl groups excluding tert-OH is 1. The summed E-state index contributed by atoms with van der Waals surface area (Å²) in [4.78, 5) is 22.1. The molecule has 0 fully saturated rings. The smallest absolute Gasteiger partial charge is 0.258 e. The second-order valence-corrected chi connectivity index (χ2v) is 4.79. The normalized spacial score (nSPS) is 14.4. The number of rotatable bonds is 6. The first-order valence-electron chi connectivity index (χ1n) is 6.55. The van der Waals surface area contributed by atoms with E-state index >= 15 is 0 Å². The Balaban J connectivity index is 1.77. The van der Waals surface area contributed by atoms with Crippen molar-refractivity contribution in [2.24, 2.45) is 5.73 Å². The van der Waals surface area contributed by atoms with Gasteiger partial charge in [0, 0.05) is 0 Å². The molecule has 0 saturated carbocycles. The lowest BCUT2D eigenvalue weighted by molar-refractivity contribution is -0.127. The third-order valence-corrected chi connectivity index (χ3v) is 3.26. The summed E-state index contributed by atoms with van der Waals surface area (Å²) in [6.45, 7) is -0.369. The highest BCUT2D eigenvalue weighted by atomic mass is 16.5. The van der Waals surface area contributed by atoms with Crippen molar-refractivity contribution >= 4 is 11.8 Å². The molecule has 6 nitrogen and oxygen atoms in total. The van der Waals surface area contributed by atoms with Gasteiger partial charge in [0.05, 0.1) is 6.54 Å². The Morgan fingerprint density at radius 2 is 2.10 bits per heavy atom. The molecular formula is C14H18N2O4. The van der Waals surface area contributed by atoms with Crippen molar-refractivity contribution in [2.75, 3.05) is 13.2 Å². The molecule has 0 saturated heterocycles. The molecule has 0 radical (unpaired) electrons. The molecule has 2 rings (SSSR count). The van der Waals surface area contributed by atoms with Crippen LogP contribution in [0.15, 0.2) is 18.2 Å². The van der Waals surface area contributed by atoms with E-state index in [2.05, 4.69) is 5.32 Å². The molecule has 2 amide bonds. The minimum Gasteiger partial charge on any atom is -0.484 e. The highest BCUT2D eigenvalue weighted by Crippen LogP contribution is 2.25. The van der Waals surface area contributed by atoms with Gasteiger partial charge in [-0.15, -0.1) is 0 Å². The molecular weight excluding hydrogens is 260 g/mol. The molecule has 1 aliphatic carbocycles. The number of primary amides is 1. The van der Waals surface area contributed by atoms with Gasteiger partial charge in [0.1, 0.15) is 11.9 Å². The number of carbonyl (C=O) groups is 2. The van der Waals surface area contributed by atoms with Gasteiger partial charge in [-0.05, 0) is 42.5 Å². The summed E-state index contributed by atoms with van der Waals surface area (Å²) >= 11 is 0. The van der Waals surface area contributed by atoms with Gasteiger partial charge in [-0.2, -0.15) is 0 Å². The standard InChI is InChI=1S/C14H18N2O4/c15-14(19)12(17)7-16-13(18)8-20-11-5-4-9-2-1-3-10(9)6-11/h4-6,12,17H,1-3,7-8H2,(H2,15,19)(H,16,18). The van der Waals surface area contributed by atoms with Crippen molar-refractivity contribution in [1.82, 2.24) is 5.32 Å². The fourth-order valence-electron chi connectivity index (χ4n) is 2.15. The van der Waals surface area contributed by atoms with Gasteiger partial charge < -0.3 is 20.9 Å². The summed E-state index contributed by atoms with van der Waals surface area (Å²) in [6, 6.07) is 5.82. The SMILES string of the molecule is NC(=O)C(O)CNC(=O)COc1ccc2c(c1)CCC2. The van der Waals surface area contributed by atoms with Crippen LogP contribution < -0.4 is 15.8 Å². The topological polar surface area (TPSA) is 102 Å². The summed E-state index contributed by atoms with van der Waals surface area (Å²) in [6.07, 6.45) is 1.92. The van der Waals surface area contributed by atoms with Crippen LogP contribution in [0.4, 0.5) is 0 Å². The Hall–Kier alpha value is -2.08. The van der Waals surface area contributed by atoms with Crippen molar-refractivity contribution < 1.29 is 19.4 Å². The van der Waals surface area contributed by atoms with Gasteiger partial charge in [-0.3, -0.25) is 9.59 Å². The third-order valence-electron chi connectivity index (χ3n) is 3.26. The van der Waals surface area contributed by atoms with Crippen LogP contribution in [-0.2, 0) is 22.4 Å². The van der Waals surface area contributed by atoms with Gasteiger partial charge in [-0.25, -0.2) is 0 Å². The Morgan fingerprint density at radius 1 is 1.35 bits per heavy atom. The van der Waals surface area contributed by atoms with Crippen molar-refractivity contribution in [3.8, 4) is 5.75 Å². The molecule has 108 valence electrons. The third kappa shape index (κ3) is 3.71. The van der Waals surface area contributed by atoms with Gasteiger partial charge in [0.15, 0.2) is 6.61 Å². The molecule has 1 aliphatic rings. The molecule has 0 aliphatic heterocycles. The molecule has 0 bridgehead atoms. The lowest BCUT2D eigenvalue weighted by atomic mass is 10.1. The van der Waals surface area contributed by atoms with Crippen LogP contribution in [0.3, 0.4) is 0 Å². The van der Waals surface area contributed by atoms with E-state index in [1.165, 1.54) is 11.1 Å². The molecule has 1 aromatic carbocycles.